The molecule has 0 aliphatic carbocycles. The van der Waals surface area contributed by atoms with Crippen molar-refractivity contribution in [2.24, 2.45) is 5.11 Å². The zero-order valence-electron chi connectivity index (χ0n) is 10.2. The van der Waals surface area contributed by atoms with E-state index >= 15 is 0 Å². The molecule has 0 fully saturated rings. The number of hydrogen-bond donors (Lipinski definition) is 2. The van der Waals surface area contributed by atoms with Gasteiger partial charge in [0.25, 0.3) is 0 Å². The molecule has 5 heteroatoms. The van der Waals surface area contributed by atoms with Crippen molar-refractivity contribution in [3.63, 3.8) is 0 Å². The number of nitrogens with zero attached hydrogens (tertiary/aromatic N) is 2. The van der Waals surface area contributed by atoms with Crippen LogP contribution >= 0.6 is 0 Å². The van der Waals surface area contributed by atoms with Gasteiger partial charge in [0.15, 0.2) is 0 Å². The van der Waals surface area contributed by atoms with Gasteiger partial charge in [-0.1, -0.05) is 30.3 Å². The van der Waals surface area contributed by atoms with Gasteiger partial charge in [-0.3, -0.25) is 0 Å². The molecule has 0 radical (unpaired) electrons. The first-order chi connectivity index (χ1) is 9.26. The molecule has 0 saturated carbocycles. The van der Waals surface area contributed by atoms with Crippen molar-refractivity contribution in [3.05, 3.63) is 64.9 Å². The van der Waals surface area contributed by atoms with Crippen LogP contribution in [0.2, 0.25) is 0 Å². The molecule has 0 heterocycles. The van der Waals surface area contributed by atoms with Crippen LogP contribution in [0.5, 0.6) is 0 Å². The average molecular weight is 258 g/mol. The summed E-state index contributed by atoms with van der Waals surface area (Å²) >= 11 is 0. The van der Waals surface area contributed by atoms with Crippen molar-refractivity contribution < 1.29 is 15.1 Å². The first-order valence-corrected chi connectivity index (χ1v) is 5.82. The number of azo groups is 1. The fourth-order valence-electron chi connectivity index (χ4n) is 1.72. The second-order valence-corrected chi connectivity index (χ2v) is 3.95. The minimum Gasteiger partial charge on any atom is -0.594 e. The van der Waals surface area contributed by atoms with Crippen LogP contribution in [-0.2, 0) is 13.2 Å². The van der Waals surface area contributed by atoms with Gasteiger partial charge in [-0.2, -0.15) is 0 Å². The van der Waals surface area contributed by atoms with Gasteiger partial charge in [-0.25, -0.2) is 0 Å². The lowest BCUT2D eigenvalue weighted by Gasteiger charge is -2.05. The normalized spacial score (nSPS) is 11.6. The van der Waals surface area contributed by atoms with E-state index in [2.05, 4.69) is 5.11 Å². The van der Waals surface area contributed by atoms with Gasteiger partial charge in [0, 0.05) is 16.7 Å². The standard InChI is InChI=1S/C14H14N2O3/c17-9-11-5-1-3-7-13(11)15-16(19)14-8-4-2-6-12(14)10-18/h1-8,17-18H,9-10H2. The molecule has 0 atom stereocenters. The number of para-hydroxylation sites is 1. The Balaban J connectivity index is 2.43. The number of aliphatic hydroxyl groups excluding tert-OH is 2. The molecule has 0 saturated heterocycles. The lowest BCUT2D eigenvalue weighted by molar-refractivity contribution is -0.436. The minimum absolute atomic E-state index is 0.185. The van der Waals surface area contributed by atoms with Gasteiger partial charge in [-0.15, -0.1) is 0 Å². The molecule has 19 heavy (non-hydrogen) atoms. The Morgan fingerprint density at radius 1 is 0.895 bits per heavy atom. The predicted molar refractivity (Wildman–Crippen MR) is 70.1 cm³/mol. The van der Waals surface area contributed by atoms with Crippen molar-refractivity contribution in [1.82, 2.24) is 0 Å². The molecule has 0 amide bonds. The third-order valence-electron chi connectivity index (χ3n) is 2.73. The van der Waals surface area contributed by atoms with Crippen molar-refractivity contribution in [2.75, 3.05) is 0 Å². The SMILES string of the molecule is [O-][N+](=Nc1ccccc1CO)c1ccccc1CO. The van der Waals surface area contributed by atoms with Crippen molar-refractivity contribution in [3.8, 4) is 0 Å². The molecule has 2 aromatic carbocycles. The van der Waals surface area contributed by atoms with E-state index in [-0.39, 0.29) is 18.9 Å². The molecular formula is C14H14N2O3. The molecule has 98 valence electrons. The third kappa shape index (κ3) is 2.96. The molecule has 2 N–H and O–H groups in total. The number of hydrogen-bond acceptors (Lipinski definition) is 4. The highest BCUT2D eigenvalue weighted by Crippen LogP contribution is 2.24. The van der Waals surface area contributed by atoms with Crippen molar-refractivity contribution >= 4 is 11.4 Å². The Hall–Kier alpha value is -2.24. The molecule has 0 aromatic heterocycles. The number of benzene rings is 2. The summed E-state index contributed by atoms with van der Waals surface area (Å²) in [4.78, 5) is 0.458. The molecule has 5 nitrogen and oxygen atoms in total. The van der Waals surface area contributed by atoms with Crippen LogP contribution in [0, 0.1) is 5.21 Å². The van der Waals surface area contributed by atoms with Crippen LogP contribution in [0.4, 0.5) is 11.4 Å². The Bertz CT molecular complexity index is 597. The maximum absolute atomic E-state index is 12.0. The fourth-order valence-corrected chi connectivity index (χ4v) is 1.72. The monoisotopic (exact) mass is 258 g/mol. The van der Waals surface area contributed by atoms with Gasteiger partial charge in [0.05, 0.1) is 18.8 Å². The van der Waals surface area contributed by atoms with E-state index in [9.17, 15) is 15.4 Å². The Morgan fingerprint density at radius 3 is 2.16 bits per heavy atom. The van der Waals surface area contributed by atoms with Crippen molar-refractivity contribution in [1.29, 1.82) is 0 Å². The number of rotatable bonds is 4. The second-order valence-electron chi connectivity index (χ2n) is 3.95. The first-order valence-electron chi connectivity index (χ1n) is 5.82. The molecule has 0 aliphatic rings. The molecule has 0 spiro atoms. The molecular weight excluding hydrogens is 244 g/mol. The lowest BCUT2D eigenvalue weighted by Crippen LogP contribution is -1.97. The molecule has 0 bridgehead atoms. The third-order valence-corrected chi connectivity index (χ3v) is 2.73. The number of aliphatic hydroxyl groups is 2. The summed E-state index contributed by atoms with van der Waals surface area (Å²) in [5, 5.41) is 34.3. The Morgan fingerprint density at radius 2 is 1.47 bits per heavy atom. The van der Waals surface area contributed by atoms with E-state index in [4.69, 9.17) is 0 Å². The van der Waals surface area contributed by atoms with Crippen LogP contribution in [0.3, 0.4) is 0 Å². The van der Waals surface area contributed by atoms with Crippen LogP contribution in [0.1, 0.15) is 11.1 Å². The van der Waals surface area contributed by atoms with Crippen LogP contribution in [-0.4, -0.2) is 15.1 Å². The summed E-state index contributed by atoms with van der Waals surface area (Å²) in [6.07, 6.45) is 0. The van der Waals surface area contributed by atoms with Gasteiger partial charge in [0.2, 0.25) is 5.69 Å². The average Bonchev–Trinajstić information content (AvgIpc) is 2.47. The summed E-state index contributed by atoms with van der Waals surface area (Å²) in [7, 11) is 0. The largest absolute Gasteiger partial charge is 0.594 e. The lowest BCUT2D eigenvalue weighted by atomic mass is 10.2. The zero-order valence-corrected chi connectivity index (χ0v) is 10.2. The summed E-state index contributed by atoms with van der Waals surface area (Å²) in [6, 6.07) is 13.5. The maximum atomic E-state index is 12.0. The summed E-state index contributed by atoms with van der Waals surface area (Å²) < 4.78 is 0. The predicted octanol–water partition coefficient (Wildman–Crippen LogP) is 2.60. The van der Waals surface area contributed by atoms with Crippen molar-refractivity contribution in [2.45, 2.75) is 13.2 Å². The fraction of sp³-hybridized carbons (Fsp3) is 0.143. The Kier molecular flexibility index (Phi) is 4.22. The summed E-state index contributed by atoms with van der Waals surface area (Å²) in [5.74, 6) is 0. The maximum Gasteiger partial charge on any atom is 0.250 e. The van der Waals surface area contributed by atoms with Gasteiger partial charge in [0.1, 0.15) is 5.69 Å². The highest BCUT2D eigenvalue weighted by Gasteiger charge is 2.11. The van der Waals surface area contributed by atoms with E-state index in [0.29, 0.717) is 21.7 Å². The van der Waals surface area contributed by atoms with E-state index in [1.807, 2.05) is 0 Å². The quantitative estimate of drug-likeness (QED) is 0.502. The smallest absolute Gasteiger partial charge is 0.250 e. The summed E-state index contributed by atoms with van der Waals surface area (Å²) in [6.45, 7) is -0.415. The van der Waals surface area contributed by atoms with Gasteiger partial charge < -0.3 is 15.4 Å². The van der Waals surface area contributed by atoms with Gasteiger partial charge >= 0.3 is 0 Å². The van der Waals surface area contributed by atoms with Crippen LogP contribution < -0.4 is 0 Å². The molecule has 2 aromatic rings. The van der Waals surface area contributed by atoms with Crippen LogP contribution in [0.25, 0.3) is 0 Å². The van der Waals surface area contributed by atoms with E-state index in [0.717, 1.165) is 0 Å². The highest BCUT2D eigenvalue weighted by molar-refractivity contribution is 5.45. The van der Waals surface area contributed by atoms with E-state index < -0.39 is 0 Å². The topological polar surface area (TPSA) is 78.9 Å². The van der Waals surface area contributed by atoms with E-state index in [1.165, 1.54) is 0 Å². The second kappa shape index (κ2) is 6.08. The highest BCUT2D eigenvalue weighted by atomic mass is 16.5. The minimum atomic E-state index is -0.230. The van der Waals surface area contributed by atoms with Crippen LogP contribution in [0.15, 0.2) is 53.6 Å². The van der Waals surface area contributed by atoms with Gasteiger partial charge in [-0.05, 0) is 17.0 Å². The Labute approximate surface area is 110 Å². The molecule has 2 rings (SSSR count). The zero-order chi connectivity index (χ0) is 13.7. The molecule has 0 aliphatic heterocycles. The van der Waals surface area contributed by atoms with E-state index in [1.54, 1.807) is 48.5 Å². The first kappa shape index (κ1) is 13.2. The summed E-state index contributed by atoms with van der Waals surface area (Å²) in [5.41, 5.74) is 1.78. The molecule has 0 unspecified atom stereocenters.